The average Bonchev–Trinajstić information content (AvgIpc) is 3.41. The normalized spacial score (nSPS) is 12.1. The van der Waals surface area contributed by atoms with Crippen LogP contribution in [0.3, 0.4) is 0 Å². The van der Waals surface area contributed by atoms with Gasteiger partial charge in [-0.2, -0.15) is 0 Å². The summed E-state index contributed by atoms with van der Waals surface area (Å²) in [5.41, 5.74) is 0. The molecule has 0 aliphatic heterocycles. The minimum atomic E-state index is -0.769. The van der Waals surface area contributed by atoms with Crippen LogP contribution in [0.15, 0.2) is 24.3 Å². The Morgan fingerprint density at radius 1 is 0.267 bits per heavy atom. The van der Waals surface area contributed by atoms with Gasteiger partial charge < -0.3 is 14.2 Å². The number of carbonyl (C=O) groups is 3. The molecule has 6 heteroatoms. The van der Waals surface area contributed by atoms with Crippen LogP contribution >= 0.6 is 0 Å². The van der Waals surface area contributed by atoms with Crippen molar-refractivity contribution in [2.45, 2.75) is 386 Å². The van der Waals surface area contributed by atoms with E-state index < -0.39 is 6.10 Å². The molecule has 0 saturated carbocycles. The molecule has 0 aromatic rings. The second kappa shape index (κ2) is 64.4. The molecule has 75 heavy (non-hydrogen) atoms. The molecule has 0 heterocycles. The topological polar surface area (TPSA) is 78.9 Å². The molecule has 0 rings (SSSR count). The fourth-order valence-electron chi connectivity index (χ4n) is 10.4. The lowest BCUT2D eigenvalue weighted by Gasteiger charge is -2.18. The summed E-state index contributed by atoms with van der Waals surface area (Å²) in [5, 5.41) is 0. The Bertz CT molecular complexity index is 1210. The summed E-state index contributed by atoms with van der Waals surface area (Å²) in [6, 6.07) is 0. The third kappa shape index (κ3) is 62.6. The molecule has 0 radical (unpaired) electrons. The maximum absolute atomic E-state index is 12.9. The van der Waals surface area contributed by atoms with Gasteiger partial charge in [0.25, 0.3) is 0 Å². The van der Waals surface area contributed by atoms with E-state index >= 15 is 0 Å². The van der Waals surface area contributed by atoms with Crippen LogP contribution in [0, 0.1) is 0 Å². The summed E-state index contributed by atoms with van der Waals surface area (Å²) in [6.45, 7) is 6.68. The molecule has 1 atom stereocenters. The number of unbranched alkanes of at least 4 members (excludes halogenated alkanes) is 48. The second-order valence-electron chi connectivity index (χ2n) is 23.1. The average molecular weight is 1060 g/mol. The van der Waals surface area contributed by atoms with Crippen LogP contribution in [0.5, 0.6) is 0 Å². The summed E-state index contributed by atoms with van der Waals surface area (Å²) in [5.74, 6) is -0.842. The van der Waals surface area contributed by atoms with Gasteiger partial charge in [0, 0.05) is 19.3 Å². The molecule has 0 bridgehead atoms. The number of hydrogen-bond acceptors (Lipinski definition) is 6. The highest BCUT2D eigenvalue weighted by molar-refractivity contribution is 5.71. The standard InChI is InChI=1S/C69H130O6/c1-4-7-10-13-16-19-22-25-27-29-31-32-33-34-35-36-37-39-40-42-44-47-50-53-56-59-62-68(71)74-65-66(64-73-67(70)61-58-55-52-49-46-24-21-18-15-12-9-6-3)75-69(72)63-60-57-54-51-48-45-43-41-38-30-28-26-23-20-17-14-11-8-5-2/h17,20,26,28,66H,4-16,18-19,21-25,27,29-65H2,1-3H3/b20-17-,28-26-. The Balaban J connectivity index is 4.19. The van der Waals surface area contributed by atoms with Gasteiger partial charge in [-0.25, -0.2) is 0 Å². The van der Waals surface area contributed by atoms with Crippen LogP contribution in [0.1, 0.15) is 380 Å². The first-order valence-electron chi connectivity index (χ1n) is 33.8. The van der Waals surface area contributed by atoms with Crippen molar-refractivity contribution in [2.24, 2.45) is 0 Å². The highest BCUT2D eigenvalue weighted by Gasteiger charge is 2.19. The van der Waals surface area contributed by atoms with Crippen LogP contribution in [0.4, 0.5) is 0 Å². The van der Waals surface area contributed by atoms with Gasteiger partial charge in [-0.15, -0.1) is 0 Å². The van der Waals surface area contributed by atoms with Crippen molar-refractivity contribution in [1.82, 2.24) is 0 Å². The van der Waals surface area contributed by atoms with Crippen molar-refractivity contribution in [3.63, 3.8) is 0 Å². The predicted octanol–water partition coefficient (Wildman–Crippen LogP) is 23.0. The summed E-state index contributed by atoms with van der Waals surface area (Å²) in [6.07, 6.45) is 77.7. The predicted molar refractivity (Wildman–Crippen MR) is 326 cm³/mol. The molecule has 0 aliphatic rings. The van der Waals surface area contributed by atoms with Gasteiger partial charge in [0.05, 0.1) is 0 Å². The van der Waals surface area contributed by atoms with Crippen LogP contribution in [0.2, 0.25) is 0 Å². The van der Waals surface area contributed by atoms with Gasteiger partial charge >= 0.3 is 17.9 Å². The van der Waals surface area contributed by atoms with E-state index in [1.165, 1.54) is 276 Å². The van der Waals surface area contributed by atoms with Gasteiger partial charge in [0.1, 0.15) is 13.2 Å². The number of rotatable bonds is 63. The van der Waals surface area contributed by atoms with Gasteiger partial charge in [-0.1, -0.05) is 334 Å². The van der Waals surface area contributed by atoms with E-state index in [0.29, 0.717) is 19.3 Å². The maximum atomic E-state index is 12.9. The number of hydrogen-bond donors (Lipinski definition) is 0. The first kappa shape index (κ1) is 72.9. The van der Waals surface area contributed by atoms with Crippen molar-refractivity contribution in [3.05, 3.63) is 24.3 Å². The van der Waals surface area contributed by atoms with Crippen molar-refractivity contribution >= 4 is 17.9 Å². The monoisotopic (exact) mass is 1050 g/mol. The Kier molecular flexibility index (Phi) is 62.6. The van der Waals surface area contributed by atoms with Gasteiger partial charge in [0.15, 0.2) is 6.10 Å². The second-order valence-corrected chi connectivity index (χ2v) is 23.1. The number of carbonyl (C=O) groups excluding carboxylic acids is 3. The molecule has 0 N–H and O–H groups in total. The van der Waals surface area contributed by atoms with E-state index in [0.717, 1.165) is 64.2 Å². The summed E-state index contributed by atoms with van der Waals surface area (Å²) >= 11 is 0. The highest BCUT2D eigenvalue weighted by atomic mass is 16.6. The van der Waals surface area contributed by atoms with Crippen molar-refractivity contribution in [2.75, 3.05) is 13.2 Å². The largest absolute Gasteiger partial charge is 0.462 e. The zero-order chi connectivity index (χ0) is 54.3. The van der Waals surface area contributed by atoms with Crippen LogP contribution < -0.4 is 0 Å². The molecule has 0 saturated heterocycles. The Morgan fingerprint density at radius 3 is 0.760 bits per heavy atom. The zero-order valence-corrected chi connectivity index (χ0v) is 50.8. The molecule has 0 aromatic heterocycles. The third-order valence-electron chi connectivity index (χ3n) is 15.5. The summed E-state index contributed by atoms with van der Waals surface area (Å²) in [4.78, 5) is 38.3. The summed E-state index contributed by atoms with van der Waals surface area (Å²) in [7, 11) is 0. The molecule has 0 aromatic carbocycles. The molecule has 0 amide bonds. The van der Waals surface area contributed by atoms with E-state index in [9.17, 15) is 14.4 Å². The van der Waals surface area contributed by atoms with Gasteiger partial charge in [-0.3, -0.25) is 14.4 Å². The minimum absolute atomic E-state index is 0.0667. The van der Waals surface area contributed by atoms with E-state index in [1.54, 1.807) is 0 Å². The van der Waals surface area contributed by atoms with Crippen molar-refractivity contribution in [3.8, 4) is 0 Å². The van der Waals surface area contributed by atoms with Gasteiger partial charge in [0.2, 0.25) is 0 Å². The van der Waals surface area contributed by atoms with E-state index in [2.05, 4.69) is 45.1 Å². The molecule has 442 valence electrons. The van der Waals surface area contributed by atoms with Crippen LogP contribution in [-0.4, -0.2) is 37.2 Å². The molecule has 0 aliphatic carbocycles. The van der Waals surface area contributed by atoms with E-state index in [1.807, 2.05) is 0 Å². The third-order valence-corrected chi connectivity index (χ3v) is 15.5. The van der Waals surface area contributed by atoms with E-state index in [4.69, 9.17) is 14.2 Å². The molecule has 6 nitrogen and oxygen atoms in total. The number of allylic oxidation sites excluding steroid dienone is 4. The molecule has 1 unspecified atom stereocenters. The smallest absolute Gasteiger partial charge is 0.306 e. The number of esters is 3. The lowest BCUT2D eigenvalue weighted by molar-refractivity contribution is -0.167. The quantitative estimate of drug-likeness (QED) is 0.0261. The molecule has 0 spiro atoms. The van der Waals surface area contributed by atoms with Gasteiger partial charge in [-0.05, 0) is 51.4 Å². The first-order valence-corrected chi connectivity index (χ1v) is 33.8. The fraction of sp³-hybridized carbons (Fsp3) is 0.899. The summed E-state index contributed by atoms with van der Waals surface area (Å²) < 4.78 is 17.0. The molecule has 0 fully saturated rings. The maximum Gasteiger partial charge on any atom is 0.306 e. The lowest BCUT2D eigenvalue weighted by atomic mass is 10.0. The Labute approximate surface area is 468 Å². The van der Waals surface area contributed by atoms with Crippen molar-refractivity contribution in [1.29, 1.82) is 0 Å². The Hall–Kier alpha value is -2.11. The Morgan fingerprint density at radius 2 is 0.480 bits per heavy atom. The molecular weight excluding hydrogens is 925 g/mol. The lowest BCUT2D eigenvalue weighted by Crippen LogP contribution is -2.30. The molecular formula is C69H130O6. The fourth-order valence-corrected chi connectivity index (χ4v) is 10.4. The van der Waals surface area contributed by atoms with Crippen LogP contribution in [-0.2, 0) is 28.6 Å². The minimum Gasteiger partial charge on any atom is -0.462 e. The SMILES string of the molecule is CCCCC/C=C\C/C=C\CCCCCCCCCCCC(=O)OC(COC(=O)CCCCCCCCCCCCCC)COC(=O)CCCCCCCCCCCCCCCCCCCCCCCCCCCC. The first-order chi connectivity index (χ1) is 37.0. The van der Waals surface area contributed by atoms with E-state index in [-0.39, 0.29) is 31.1 Å². The number of ether oxygens (including phenoxy) is 3. The zero-order valence-electron chi connectivity index (χ0n) is 50.8. The van der Waals surface area contributed by atoms with Crippen LogP contribution in [0.25, 0.3) is 0 Å². The highest BCUT2D eigenvalue weighted by Crippen LogP contribution is 2.18. The van der Waals surface area contributed by atoms with Crippen molar-refractivity contribution < 1.29 is 28.6 Å².